The zero-order chi connectivity index (χ0) is 23.2. The first-order valence-corrected chi connectivity index (χ1v) is 10.9. The lowest BCUT2D eigenvalue weighted by atomic mass is 10.1. The molecule has 0 saturated heterocycles. The van der Waals surface area contributed by atoms with E-state index in [4.69, 9.17) is 4.74 Å². The maximum Gasteiger partial charge on any atom is 0.416 e. The molecule has 0 unspecified atom stereocenters. The first-order valence-electron chi connectivity index (χ1n) is 10.1. The number of rotatable bonds is 6. The van der Waals surface area contributed by atoms with Gasteiger partial charge in [-0.2, -0.15) is 23.4 Å². The zero-order valence-corrected chi connectivity index (χ0v) is 19.2. The average Bonchev–Trinajstić information content (AvgIpc) is 3.09. The van der Waals surface area contributed by atoms with Crippen LogP contribution in [-0.2, 0) is 18.1 Å². The number of aliphatic imine (C=N–C) groups is 1. The molecule has 0 N–H and O–H groups in total. The van der Waals surface area contributed by atoms with Gasteiger partial charge in [-0.25, -0.2) is 4.99 Å². The van der Waals surface area contributed by atoms with E-state index in [1.165, 1.54) is 17.6 Å². The Labute approximate surface area is 184 Å². The van der Waals surface area contributed by atoms with E-state index in [9.17, 15) is 18.4 Å². The van der Waals surface area contributed by atoms with E-state index in [1.807, 2.05) is 6.20 Å². The van der Waals surface area contributed by atoms with Gasteiger partial charge in [0.2, 0.25) is 6.19 Å². The lowest BCUT2D eigenvalue weighted by Crippen LogP contribution is -2.18. The Balaban J connectivity index is 2.73. The number of ether oxygens (including phenoxy) is 1. The third kappa shape index (κ3) is 6.44. The summed E-state index contributed by atoms with van der Waals surface area (Å²) in [5.41, 5.74) is -0.0276. The molecule has 1 aromatic carbocycles. The summed E-state index contributed by atoms with van der Waals surface area (Å²) in [6.07, 6.45) is 1.85. The van der Waals surface area contributed by atoms with Crippen LogP contribution in [0.15, 0.2) is 34.4 Å². The summed E-state index contributed by atoms with van der Waals surface area (Å²) in [6.45, 7) is 10.2. The van der Waals surface area contributed by atoms with E-state index < -0.39 is 11.7 Å². The van der Waals surface area contributed by atoms with Crippen molar-refractivity contribution in [3.8, 4) is 11.9 Å². The Hall–Kier alpha value is -2.60. The summed E-state index contributed by atoms with van der Waals surface area (Å²) in [5, 5.41) is 9.21. The van der Waals surface area contributed by atoms with Crippen molar-refractivity contribution in [2.24, 2.45) is 9.98 Å². The number of halogens is 3. The van der Waals surface area contributed by atoms with Crippen LogP contribution in [0.2, 0.25) is 0 Å². The Morgan fingerprint density at radius 1 is 1.23 bits per heavy atom. The van der Waals surface area contributed by atoms with Crippen LogP contribution < -0.4 is 9.41 Å². The van der Waals surface area contributed by atoms with Crippen molar-refractivity contribution in [2.75, 3.05) is 6.61 Å². The van der Waals surface area contributed by atoms with Crippen molar-refractivity contribution in [3.05, 3.63) is 45.8 Å². The third-order valence-electron chi connectivity index (χ3n) is 4.40. The Morgan fingerprint density at radius 3 is 2.48 bits per heavy atom. The SMILES string of the molecule is CCCCc1cn(C(C)(C)C)sc1=NC(=NC#N)c1cc(C(F)(F)F)ccc1OCC. The number of aromatic nitrogens is 1. The molecule has 0 amide bonds. The highest BCUT2D eigenvalue weighted by Crippen LogP contribution is 2.33. The fourth-order valence-electron chi connectivity index (χ4n) is 2.79. The highest BCUT2D eigenvalue weighted by Gasteiger charge is 2.32. The van der Waals surface area contributed by atoms with Gasteiger partial charge >= 0.3 is 6.18 Å². The van der Waals surface area contributed by atoms with Crippen LogP contribution in [-0.4, -0.2) is 16.4 Å². The number of nitriles is 1. The van der Waals surface area contributed by atoms with Crippen LogP contribution >= 0.6 is 11.5 Å². The maximum absolute atomic E-state index is 13.3. The van der Waals surface area contributed by atoms with E-state index in [-0.39, 0.29) is 29.3 Å². The fourth-order valence-corrected chi connectivity index (χ4v) is 3.83. The van der Waals surface area contributed by atoms with E-state index >= 15 is 0 Å². The molecule has 1 heterocycles. The zero-order valence-electron chi connectivity index (χ0n) is 18.4. The Morgan fingerprint density at radius 2 is 1.94 bits per heavy atom. The number of hydrogen-bond acceptors (Lipinski definition) is 4. The fraction of sp³-hybridized carbons (Fsp3) is 0.500. The lowest BCUT2D eigenvalue weighted by Gasteiger charge is -2.19. The van der Waals surface area contributed by atoms with Crippen molar-refractivity contribution < 1.29 is 17.9 Å². The molecule has 0 fully saturated rings. The highest BCUT2D eigenvalue weighted by atomic mass is 32.1. The predicted octanol–water partition coefficient (Wildman–Crippen LogP) is 5.89. The Bertz CT molecular complexity index is 1040. The number of nitrogens with zero attached hydrogens (tertiary/aromatic N) is 4. The second kappa shape index (κ2) is 10.1. The normalized spacial score (nSPS) is 13.4. The molecule has 0 saturated carbocycles. The molecule has 0 bridgehead atoms. The molecule has 0 spiro atoms. The van der Waals surface area contributed by atoms with E-state index in [0.29, 0.717) is 4.67 Å². The van der Waals surface area contributed by atoms with Gasteiger partial charge in [-0.15, -0.1) is 0 Å². The number of hydrogen-bond donors (Lipinski definition) is 0. The average molecular weight is 453 g/mol. The number of aryl methyl sites for hydroxylation is 1. The van der Waals surface area contributed by atoms with Gasteiger partial charge < -0.3 is 4.74 Å². The van der Waals surface area contributed by atoms with Gasteiger partial charge in [0.15, 0.2) is 5.84 Å². The van der Waals surface area contributed by atoms with Gasteiger partial charge in [0, 0.05) is 17.3 Å². The second-order valence-corrected chi connectivity index (χ2v) is 8.90. The molecule has 0 aliphatic heterocycles. The molecule has 0 aliphatic carbocycles. The van der Waals surface area contributed by atoms with Crippen molar-refractivity contribution >= 4 is 17.4 Å². The van der Waals surface area contributed by atoms with Gasteiger partial charge in [0.25, 0.3) is 0 Å². The number of unbranched alkanes of at least 4 members (excludes halogenated alkanes) is 1. The van der Waals surface area contributed by atoms with Crippen LogP contribution in [0.1, 0.15) is 64.2 Å². The molecule has 2 aromatic rings. The van der Waals surface area contributed by atoms with Gasteiger partial charge in [-0.1, -0.05) is 13.3 Å². The maximum atomic E-state index is 13.3. The largest absolute Gasteiger partial charge is 0.493 e. The summed E-state index contributed by atoms with van der Waals surface area (Å²) in [7, 11) is 0. The topological polar surface area (TPSA) is 62.7 Å². The molecule has 0 atom stereocenters. The smallest absolute Gasteiger partial charge is 0.416 e. The Kier molecular flexibility index (Phi) is 8.07. The van der Waals surface area contributed by atoms with Gasteiger partial charge in [-0.05, 0) is 70.3 Å². The number of benzene rings is 1. The molecule has 1 aromatic heterocycles. The highest BCUT2D eigenvalue weighted by molar-refractivity contribution is 7.04. The monoisotopic (exact) mass is 452 g/mol. The van der Waals surface area contributed by atoms with Crippen molar-refractivity contribution in [3.63, 3.8) is 0 Å². The molecule has 31 heavy (non-hydrogen) atoms. The first kappa shape index (κ1) is 24.7. The van der Waals surface area contributed by atoms with Crippen LogP contribution in [0, 0.1) is 11.5 Å². The molecule has 5 nitrogen and oxygen atoms in total. The number of alkyl halides is 3. The summed E-state index contributed by atoms with van der Waals surface area (Å²) >= 11 is 1.39. The predicted molar refractivity (Wildman–Crippen MR) is 116 cm³/mol. The van der Waals surface area contributed by atoms with Crippen molar-refractivity contribution in [1.82, 2.24) is 3.96 Å². The summed E-state index contributed by atoms with van der Waals surface area (Å²) in [6, 6.07) is 3.12. The summed E-state index contributed by atoms with van der Waals surface area (Å²) in [5.74, 6) is 0.0984. The van der Waals surface area contributed by atoms with E-state index in [0.717, 1.165) is 37.0 Å². The van der Waals surface area contributed by atoms with E-state index in [1.54, 1.807) is 13.1 Å². The number of amidine groups is 1. The van der Waals surface area contributed by atoms with Crippen LogP contribution in [0.4, 0.5) is 13.2 Å². The van der Waals surface area contributed by atoms with Gasteiger partial charge in [0.1, 0.15) is 10.4 Å². The van der Waals surface area contributed by atoms with E-state index in [2.05, 4.69) is 41.6 Å². The summed E-state index contributed by atoms with van der Waals surface area (Å²) < 4.78 is 48.1. The molecular formula is C22H27F3N4OS. The second-order valence-electron chi connectivity index (χ2n) is 7.94. The molecule has 9 heteroatoms. The molecule has 0 radical (unpaired) electrons. The minimum absolute atomic E-state index is 0.0374. The van der Waals surface area contributed by atoms with Crippen molar-refractivity contribution in [1.29, 1.82) is 5.26 Å². The molecular weight excluding hydrogens is 425 g/mol. The standard InChI is InChI=1S/C22H27F3N4OS/c1-6-8-9-15-13-29(21(3,4)5)31-20(15)28-19(27-14-26)17-12-16(22(23,24)25)10-11-18(17)30-7-2/h10-13H,6-9H2,1-5H3. The van der Waals surface area contributed by atoms with Crippen LogP contribution in [0.5, 0.6) is 5.75 Å². The van der Waals surface area contributed by atoms with Crippen LogP contribution in [0.3, 0.4) is 0 Å². The quantitative estimate of drug-likeness (QED) is 0.311. The molecule has 168 valence electrons. The van der Waals surface area contributed by atoms with Crippen molar-refractivity contribution in [2.45, 2.75) is 65.6 Å². The third-order valence-corrected chi connectivity index (χ3v) is 5.78. The van der Waals surface area contributed by atoms with Gasteiger partial charge in [-0.3, -0.25) is 3.96 Å². The van der Waals surface area contributed by atoms with Crippen LogP contribution in [0.25, 0.3) is 0 Å². The minimum Gasteiger partial charge on any atom is -0.493 e. The molecule has 2 rings (SSSR count). The first-order chi connectivity index (χ1) is 14.5. The lowest BCUT2D eigenvalue weighted by molar-refractivity contribution is -0.137. The molecule has 0 aliphatic rings. The summed E-state index contributed by atoms with van der Waals surface area (Å²) in [4.78, 5) is 8.30. The minimum atomic E-state index is -4.54. The van der Waals surface area contributed by atoms with Gasteiger partial charge in [0.05, 0.1) is 17.7 Å².